The quantitative estimate of drug-likeness (QED) is 0.579. The molecule has 0 aliphatic carbocycles. The van der Waals surface area contributed by atoms with Crippen LogP contribution < -0.4 is 11.1 Å². The largest absolute Gasteiger partial charge is 0.394 e. The maximum atomic E-state index is 11.6. The lowest BCUT2D eigenvalue weighted by molar-refractivity contribution is -0.123. The average Bonchev–Trinajstić information content (AvgIpc) is 2.24. The summed E-state index contributed by atoms with van der Waals surface area (Å²) in [5, 5.41) is 11.8. The third kappa shape index (κ3) is 6.80. The van der Waals surface area contributed by atoms with E-state index in [1.54, 1.807) is 0 Å². The van der Waals surface area contributed by atoms with Gasteiger partial charge >= 0.3 is 0 Å². The number of nitrogens with two attached hydrogens (primary N) is 1. The fourth-order valence-corrected chi connectivity index (χ4v) is 1.76. The molecule has 4 N–H and O–H groups in total. The third-order valence-corrected chi connectivity index (χ3v) is 2.69. The van der Waals surface area contributed by atoms with Gasteiger partial charge < -0.3 is 16.2 Å². The first-order valence-electron chi connectivity index (χ1n) is 6.13. The first-order chi connectivity index (χ1) is 7.53. The SMILES string of the molecule is CC[C@@H](CO)NC(=O)C[C@@H](CN)CC(C)C. The Balaban J connectivity index is 3.99. The highest BCUT2D eigenvalue weighted by atomic mass is 16.3. The van der Waals surface area contributed by atoms with Crippen LogP contribution in [0.25, 0.3) is 0 Å². The number of hydrogen-bond donors (Lipinski definition) is 3. The van der Waals surface area contributed by atoms with Crippen LogP contribution in [0, 0.1) is 11.8 Å². The van der Waals surface area contributed by atoms with E-state index < -0.39 is 0 Å². The van der Waals surface area contributed by atoms with E-state index in [1.165, 1.54) is 0 Å². The fraction of sp³-hybridized carbons (Fsp3) is 0.917. The molecule has 0 unspecified atom stereocenters. The second-order valence-electron chi connectivity index (χ2n) is 4.79. The van der Waals surface area contributed by atoms with Gasteiger partial charge in [0.1, 0.15) is 0 Å². The van der Waals surface area contributed by atoms with Crippen molar-refractivity contribution in [3.63, 3.8) is 0 Å². The normalized spacial score (nSPS) is 14.9. The highest BCUT2D eigenvalue weighted by Gasteiger charge is 2.16. The highest BCUT2D eigenvalue weighted by molar-refractivity contribution is 5.76. The molecule has 4 nitrogen and oxygen atoms in total. The van der Waals surface area contributed by atoms with Crippen molar-refractivity contribution in [2.24, 2.45) is 17.6 Å². The van der Waals surface area contributed by atoms with E-state index >= 15 is 0 Å². The summed E-state index contributed by atoms with van der Waals surface area (Å²) in [6.45, 7) is 6.74. The zero-order chi connectivity index (χ0) is 12.6. The predicted molar refractivity (Wildman–Crippen MR) is 65.9 cm³/mol. The van der Waals surface area contributed by atoms with Gasteiger partial charge in [0.05, 0.1) is 12.6 Å². The van der Waals surface area contributed by atoms with Gasteiger partial charge in [0.2, 0.25) is 5.91 Å². The van der Waals surface area contributed by atoms with Crippen molar-refractivity contribution in [1.82, 2.24) is 5.32 Å². The Morgan fingerprint density at radius 1 is 1.44 bits per heavy atom. The lowest BCUT2D eigenvalue weighted by Crippen LogP contribution is -2.38. The molecule has 0 saturated carbocycles. The van der Waals surface area contributed by atoms with Gasteiger partial charge in [-0.25, -0.2) is 0 Å². The van der Waals surface area contributed by atoms with Crippen LogP contribution in [0.2, 0.25) is 0 Å². The Kier molecular flexibility index (Phi) is 8.21. The smallest absolute Gasteiger partial charge is 0.220 e. The van der Waals surface area contributed by atoms with Crippen LogP contribution in [0.4, 0.5) is 0 Å². The molecule has 0 spiro atoms. The molecule has 0 rings (SSSR count). The molecule has 0 bridgehead atoms. The van der Waals surface area contributed by atoms with Crippen molar-refractivity contribution in [2.45, 2.75) is 46.1 Å². The summed E-state index contributed by atoms with van der Waals surface area (Å²) in [5.74, 6) is 0.800. The van der Waals surface area contributed by atoms with E-state index in [1.807, 2.05) is 6.92 Å². The van der Waals surface area contributed by atoms with Gasteiger partial charge in [0, 0.05) is 6.42 Å². The van der Waals surface area contributed by atoms with Crippen molar-refractivity contribution >= 4 is 5.91 Å². The first kappa shape index (κ1) is 15.4. The molecule has 0 heterocycles. The summed E-state index contributed by atoms with van der Waals surface area (Å²) < 4.78 is 0. The topological polar surface area (TPSA) is 75.3 Å². The lowest BCUT2D eigenvalue weighted by atomic mass is 9.94. The summed E-state index contributed by atoms with van der Waals surface area (Å²) >= 11 is 0. The van der Waals surface area contributed by atoms with Gasteiger partial charge in [0.25, 0.3) is 0 Å². The van der Waals surface area contributed by atoms with Gasteiger partial charge in [-0.1, -0.05) is 20.8 Å². The van der Waals surface area contributed by atoms with Crippen LogP contribution in [0.5, 0.6) is 0 Å². The molecular weight excluding hydrogens is 204 g/mol. The molecule has 0 saturated heterocycles. The van der Waals surface area contributed by atoms with E-state index in [-0.39, 0.29) is 24.5 Å². The Hall–Kier alpha value is -0.610. The molecule has 2 atom stereocenters. The number of aliphatic hydroxyl groups excluding tert-OH is 1. The molecule has 0 aliphatic heterocycles. The van der Waals surface area contributed by atoms with E-state index in [0.717, 1.165) is 12.8 Å². The van der Waals surface area contributed by atoms with Crippen molar-refractivity contribution in [2.75, 3.05) is 13.2 Å². The van der Waals surface area contributed by atoms with E-state index in [4.69, 9.17) is 10.8 Å². The van der Waals surface area contributed by atoms with Crippen LogP contribution in [0.15, 0.2) is 0 Å². The zero-order valence-electron chi connectivity index (χ0n) is 10.7. The van der Waals surface area contributed by atoms with Crippen LogP contribution >= 0.6 is 0 Å². The number of rotatable bonds is 8. The number of hydrogen-bond acceptors (Lipinski definition) is 3. The minimum atomic E-state index is -0.120. The average molecular weight is 230 g/mol. The maximum absolute atomic E-state index is 11.6. The minimum Gasteiger partial charge on any atom is -0.394 e. The molecule has 1 amide bonds. The number of aliphatic hydroxyl groups is 1. The third-order valence-electron chi connectivity index (χ3n) is 2.69. The molecule has 0 radical (unpaired) electrons. The second kappa shape index (κ2) is 8.53. The Bertz CT molecular complexity index is 191. The predicted octanol–water partition coefficient (Wildman–Crippen LogP) is 0.885. The number of amides is 1. The fourth-order valence-electron chi connectivity index (χ4n) is 1.76. The van der Waals surface area contributed by atoms with Gasteiger partial charge in [-0.15, -0.1) is 0 Å². The van der Waals surface area contributed by atoms with Crippen molar-refractivity contribution in [1.29, 1.82) is 0 Å². The number of carbonyl (C=O) groups excluding carboxylic acids is 1. The Labute approximate surface area is 98.6 Å². The summed E-state index contributed by atoms with van der Waals surface area (Å²) in [5.41, 5.74) is 5.64. The molecule has 0 aromatic heterocycles. The van der Waals surface area contributed by atoms with Crippen molar-refractivity contribution in [3.8, 4) is 0 Å². The van der Waals surface area contributed by atoms with Crippen LogP contribution in [-0.4, -0.2) is 30.2 Å². The van der Waals surface area contributed by atoms with Crippen molar-refractivity contribution < 1.29 is 9.90 Å². The molecular formula is C12H26N2O2. The lowest BCUT2D eigenvalue weighted by Gasteiger charge is -2.19. The van der Waals surface area contributed by atoms with Crippen molar-refractivity contribution in [3.05, 3.63) is 0 Å². The van der Waals surface area contributed by atoms with E-state index in [0.29, 0.717) is 18.9 Å². The summed E-state index contributed by atoms with van der Waals surface area (Å²) in [6.07, 6.45) is 2.19. The summed E-state index contributed by atoms with van der Waals surface area (Å²) in [7, 11) is 0. The highest BCUT2D eigenvalue weighted by Crippen LogP contribution is 2.14. The van der Waals surface area contributed by atoms with Gasteiger partial charge in [-0.3, -0.25) is 4.79 Å². The van der Waals surface area contributed by atoms with Crippen LogP contribution in [0.1, 0.15) is 40.0 Å². The summed E-state index contributed by atoms with van der Waals surface area (Å²) in [6, 6.07) is -0.120. The zero-order valence-corrected chi connectivity index (χ0v) is 10.7. The Morgan fingerprint density at radius 2 is 2.06 bits per heavy atom. The van der Waals surface area contributed by atoms with Gasteiger partial charge in [-0.2, -0.15) is 0 Å². The Morgan fingerprint density at radius 3 is 2.44 bits per heavy atom. The molecule has 96 valence electrons. The molecule has 0 aromatic carbocycles. The molecule has 4 heteroatoms. The minimum absolute atomic E-state index is 0.000285. The van der Waals surface area contributed by atoms with Crippen LogP contribution in [0.3, 0.4) is 0 Å². The maximum Gasteiger partial charge on any atom is 0.220 e. The van der Waals surface area contributed by atoms with E-state index in [9.17, 15) is 4.79 Å². The standard InChI is InChI=1S/C12H26N2O2/c1-4-11(8-15)14-12(16)6-10(7-13)5-9(2)3/h9-11,15H,4-8,13H2,1-3H3,(H,14,16)/t10-,11-/m0/s1. The monoisotopic (exact) mass is 230 g/mol. The molecule has 0 fully saturated rings. The summed E-state index contributed by atoms with van der Waals surface area (Å²) in [4.78, 5) is 11.6. The van der Waals surface area contributed by atoms with Gasteiger partial charge in [-0.05, 0) is 31.2 Å². The first-order valence-corrected chi connectivity index (χ1v) is 6.13. The van der Waals surface area contributed by atoms with Gasteiger partial charge in [0.15, 0.2) is 0 Å². The second-order valence-corrected chi connectivity index (χ2v) is 4.79. The molecule has 0 aliphatic rings. The van der Waals surface area contributed by atoms with E-state index in [2.05, 4.69) is 19.2 Å². The number of carbonyl (C=O) groups is 1. The molecule has 16 heavy (non-hydrogen) atoms. The number of nitrogens with one attached hydrogen (secondary N) is 1. The molecule has 0 aromatic rings. The van der Waals surface area contributed by atoms with Crippen LogP contribution in [-0.2, 0) is 4.79 Å².